The molecule has 2 unspecified atom stereocenters. The van der Waals surface area contributed by atoms with Crippen LogP contribution in [0.25, 0.3) is 0 Å². The lowest BCUT2D eigenvalue weighted by Crippen LogP contribution is -2.36. The van der Waals surface area contributed by atoms with Crippen LogP contribution in [0.2, 0.25) is 0 Å². The van der Waals surface area contributed by atoms with E-state index in [4.69, 9.17) is 0 Å². The quantitative estimate of drug-likeness (QED) is 0.820. The number of carbonyl (C=O) groups is 2. The van der Waals surface area contributed by atoms with E-state index >= 15 is 0 Å². The van der Waals surface area contributed by atoms with Crippen molar-refractivity contribution in [2.75, 3.05) is 6.61 Å². The summed E-state index contributed by atoms with van der Waals surface area (Å²) in [4.78, 5) is 25.4. The van der Waals surface area contributed by atoms with Gasteiger partial charge in [-0.1, -0.05) is 44.2 Å². The van der Waals surface area contributed by atoms with Crippen LogP contribution in [0.5, 0.6) is 0 Å². The van der Waals surface area contributed by atoms with Gasteiger partial charge < -0.3 is 5.11 Å². The molecular weight excluding hydrogens is 230 g/mol. The van der Waals surface area contributed by atoms with Crippen molar-refractivity contribution >= 4 is 11.8 Å². The molecule has 1 aromatic rings. The molecule has 4 nitrogen and oxygen atoms in total. The second-order valence-electron chi connectivity index (χ2n) is 4.73. The van der Waals surface area contributed by atoms with E-state index in [0.717, 1.165) is 5.56 Å². The molecule has 1 aromatic carbocycles. The average molecular weight is 247 g/mol. The standard InChI is InChI=1S/C14H17NO3/c1-9-10(2)14(18)15(13(9)17)12(8-16)11-6-4-3-5-7-11/h3-7,9-10,12,16H,8H2,1-2H3/t9?,10?,12-/m0/s1. The second kappa shape index (κ2) is 4.90. The normalized spacial score (nSPS) is 25.6. The fraction of sp³-hybridized carbons (Fsp3) is 0.429. The molecule has 1 saturated heterocycles. The Morgan fingerprint density at radius 3 is 2.06 bits per heavy atom. The number of amides is 2. The van der Waals surface area contributed by atoms with Crippen molar-refractivity contribution in [3.63, 3.8) is 0 Å². The summed E-state index contributed by atoms with van der Waals surface area (Å²) in [5.74, 6) is -1.02. The Morgan fingerprint density at radius 1 is 1.11 bits per heavy atom. The molecule has 1 aliphatic rings. The van der Waals surface area contributed by atoms with Crippen LogP contribution in [0, 0.1) is 11.8 Å². The Morgan fingerprint density at radius 2 is 1.61 bits per heavy atom. The van der Waals surface area contributed by atoms with Gasteiger partial charge in [0.05, 0.1) is 12.6 Å². The van der Waals surface area contributed by atoms with Gasteiger partial charge in [0.1, 0.15) is 0 Å². The van der Waals surface area contributed by atoms with Crippen LogP contribution in [-0.4, -0.2) is 28.4 Å². The number of hydrogen-bond donors (Lipinski definition) is 1. The van der Waals surface area contributed by atoms with E-state index in [1.807, 2.05) is 30.3 Å². The van der Waals surface area contributed by atoms with Gasteiger partial charge in [0.15, 0.2) is 0 Å². The molecular formula is C14H17NO3. The molecule has 2 rings (SSSR count). The summed E-state index contributed by atoms with van der Waals surface area (Å²) in [5, 5.41) is 9.50. The van der Waals surface area contributed by atoms with Gasteiger partial charge in [-0.25, -0.2) is 0 Å². The van der Waals surface area contributed by atoms with Crippen LogP contribution in [0.15, 0.2) is 30.3 Å². The monoisotopic (exact) mass is 247 g/mol. The maximum absolute atomic E-state index is 12.1. The number of rotatable bonds is 3. The minimum absolute atomic E-state index is 0.199. The largest absolute Gasteiger partial charge is 0.394 e. The fourth-order valence-corrected chi connectivity index (χ4v) is 2.29. The first-order valence-electron chi connectivity index (χ1n) is 6.10. The molecule has 18 heavy (non-hydrogen) atoms. The van der Waals surface area contributed by atoms with Crippen molar-refractivity contribution in [2.24, 2.45) is 11.8 Å². The molecule has 3 atom stereocenters. The summed E-state index contributed by atoms with van der Waals surface area (Å²) in [5.41, 5.74) is 0.781. The lowest BCUT2D eigenvalue weighted by molar-refractivity contribution is -0.143. The molecule has 96 valence electrons. The molecule has 2 amide bonds. The third-order valence-corrected chi connectivity index (χ3v) is 3.67. The van der Waals surface area contributed by atoms with Crippen molar-refractivity contribution < 1.29 is 14.7 Å². The number of likely N-dealkylation sites (tertiary alicyclic amines) is 1. The maximum atomic E-state index is 12.1. The first kappa shape index (κ1) is 12.8. The van der Waals surface area contributed by atoms with Gasteiger partial charge in [0, 0.05) is 11.8 Å². The van der Waals surface area contributed by atoms with Gasteiger partial charge in [-0.15, -0.1) is 0 Å². The third kappa shape index (κ3) is 1.93. The Bertz CT molecular complexity index is 437. The Kier molecular flexibility index (Phi) is 3.48. The van der Waals surface area contributed by atoms with E-state index < -0.39 is 6.04 Å². The summed E-state index contributed by atoms with van der Waals surface area (Å²) in [6.07, 6.45) is 0. The predicted octanol–water partition coefficient (Wildman–Crippen LogP) is 1.36. The van der Waals surface area contributed by atoms with Gasteiger partial charge >= 0.3 is 0 Å². The summed E-state index contributed by atoms with van der Waals surface area (Å²) >= 11 is 0. The van der Waals surface area contributed by atoms with Crippen LogP contribution < -0.4 is 0 Å². The summed E-state index contributed by atoms with van der Waals surface area (Å²) in [7, 11) is 0. The van der Waals surface area contributed by atoms with Crippen molar-refractivity contribution in [2.45, 2.75) is 19.9 Å². The summed E-state index contributed by atoms with van der Waals surface area (Å²) in [6, 6.07) is 8.57. The minimum atomic E-state index is -0.571. The molecule has 0 aliphatic carbocycles. The van der Waals surface area contributed by atoms with E-state index in [-0.39, 0.29) is 30.3 Å². The topological polar surface area (TPSA) is 57.6 Å². The lowest BCUT2D eigenvalue weighted by Gasteiger charge is -2.25. The predicted molar refractivity (Wildman–Crippen MR) is 66.4 cm³/mol. The number of hydrogen-bond acceptors (Lipinski definition) is 3. The van der Waals surface area contributed by atoms with Crippen LogP contribution >= 0.6 is 0 Å². The van der Waals surface area contributed by atoms with Crippen LogP contribution in [0.4, 0.5) is 0 Å². The molecule has 0 spiro atoms. The van der Waals surface area contributed by atoms with E-state index in [1.54, 1.807) is 13.8 Å². The highest BCUT2D eigenvalue weighted by Gasteiger charge is 2.45. The maximum Gasteiger partial charge on any atom is 0.233 e. The van der Waals surface area contributed by atoms with Crippen molar-refractivity contribution in [3.05, 3.63) is 35.9 Å². The van der Waals surface area contributed by atoms with Crippen molar-refractivity contribution in [1.82, 2.24) is 4.90 Å². The molecule has 0 aromatic heterocycles. The fourth-order valence-electron chi connectivity index (χ4n) is 2.29. The van der Waals surface area contributed by atoms with Gasteiger partial charge in [-0.2, -0.15) is 0 Å². The first-order valence-corrected chi connectivity index (χ1v) is 6.10. The zero-order valence-corrected chi connectivity index (χ0v) is 10.5. The number of aliphatic hydroxyl groups is 1. The Hall–Kier alpha value is -1.68. The van der Waals surface area contributed by atoms with Crippen molar-refractivity contribution in [3.8, 4) is 0 Å². The van der Waals surface area contributed by atoms with E-state index in [9.17, 15) is 14.7 Å². The molecule has 1 N–H and O–H groups in total. The smallest absolute Gasteiger partial charge is 0.233 e. The number of nitrogens with zero attached hydrogens (tertiary/aromatic N) is 1. The molecule has 0 radical (unpaired) electrons. The SMILES string of the molecule is CC1C(=O)N([C@@H](CO)c2ccccc2)C(=O)C1C. The van der Waals surface area contributed by atoms with Gasteiger partial charge in [-0.05, 0) is 5.56 Å². The summed E-state index contributed by atoms with van der Waals surface area (Å²) in [6.45, 7) is 3.26. The van der Waals surface area contributed by atoms with E-state index in [2.05, 4.69) is 0 Å². The Labute approximate surface area is 106 Å². The molecule has 0 bridgehead atoms. The van der Waals surface area contributed by atoms with Gasteiger partial charge in [0.25, 0.3) is 0 Å². The lowest BCUT2D eigenvalue weighted by atomic mass is 10.00. The van der Waals surface area contributed by atoms with Gasteiger partial charge in [0.2, 0.25) is 11.8 Å². The highest BCUT2D eigenvalue weighted by atomic mass is 16.3. The molecule has 1 fully saturated rings. The molecule has 1 heterocycles. The highest BCUT2D eigenvalue weighted by molar-refractivity contribution is 6.05. The summed E-state index contributed by atoms with van der Waals surface area (Å²) < 4.78 is 0. The average Bonchev–Trinajstić information content (AvgIpc) is 2.59. The van der Waals surface area contributed by atoms with Crippen LogP contribution in [-0.2, 0) is 9.59 Å². The number of aliphatic hydroxyl groups excluding tert-OH is 1. The minimum Gasteiger partial charge on any atom is -0.394 e. The zero-order valence-electron chi connectivity index (χ0n) is 10.5. The molecule has 4 heteroatoms. The highest BCUT2D eigenvalue weighted by Crippen LogP contribution is 2.32. The number of carbonyl (C=O) groups excluding carboxylic acids is 2. The van der Waals surface area contributed by atoms with Crippen LogP contribution in [0.3, 0.4) is 0 Å². The zero-order chi connectivity index (χ0) is 13.3. The third-order valence-electron chi connectivity index (χ3n) is 3.67. The van der Waals surface area contributed by atoms with Crippen LogP contribution in [0.1, 0.15) is 25.5 Å². The molecule has 0 saturated carbocycles. The Balaban J connectivity index is 2.35. The van der Waals surface area contributed by atoms with E-state index in [1.165, 1.54) is 4.90 Å². The second-order valence-corrected chi connectivity index (χ2v) is 4.73. The number of benzene rings is 1. The van der Waals surface area contributed by atoms with E-state index in [0.29, 0.717) is 0 Å². The van der Waals surface area contributed by atoms with Crippen molar-refractivity contribution in [1.29, 1.82) is 0 Å². The number of imide groups is 1. The van der Waals surface area contributed by atoms with Gasteiger partial charge in [-0.3, -0.25) is 14.5 Å². The first-order chi connectivity index (χ1) is 8.57. The molecule has 1 aliphatic heterocycles.